The molecule has 2 aromatic carbocycles. The number of methoxy groups -OCH3 is 1. The summed E-state index contributed by atoms with van der Waals surface area (Å²) in [5, 5.41) is 5.00. The summed E-state index contributed by atoms with van der Waals surface area (Å²) in [4.78, 5) is 23.4. The van der Waals surface area contributed by atoms with Crippen molar-refractivity contribution >= 4 is 17.7 Å². The Hall–Kier alpha value is -3.53. The number of carbonyl (C=O) groups is 2. The highest BCUT2D eigenvalue weighted by Gasteiger charge is 2.12. The SMILES string of the molecule is C#CCOc1ccc(CCNC(=O)Nc2cc(C(=O)OC)ccc2F)cc1. The fraction of sp³-hybridized carbons (Fsp3) is 0.200. The highest BCUT2D eigenvalue weighted by atomic mass is 19.1. The molecule has 0 aromatic heterocycles. The molecule has 0 fully saturated rings. The van der Waals surface area contributed by atoms with Crippen LogP contribution in [0.4, 0.5) is 14.9 Å². The number of esters is 1. The average Bonchev–Trinajstić information content (AvgIpc) is 2.68. The molecule has 2 N–H and O–H groups in total. The first-order valence-electron chi connectivity index (χ1n) is 8.11. The summed E-state index contributed by atoms with van der Waals surface area (Å²) < 4.78 is 23.6. The summed E-state index contributed by atoms with van der Waals surface area (Å²) in [5.41, 5.74) is 1.02. The van der Waals surface area contributed by atoms with Gasteiger partial charge in [0, 0.05) is 6.54 Å². The van der Waals surface area contributed by atoms with Crippen molar-refractivity contribution in [3.05, 3.63) is 59.4 Å². The first kappa shape index (κ1) is 19.8. The third kappa shape index (κ3) is 6.04. The Bertz CT molecular complexity index is 844. The molecule has 27 heavy (non-hydrogen) atoms. The second-order valence-electron chi connectivity index (χ2n) is 5.45. The number of carbonyl (C=O) groups excluding carboxylic acids is 2. The van der Waals surface area contributed by atoms with Crippen LogP contribution < -0.4 is 15.4 Å². The molecule has 0 heterocycles. The van der Waals surface area contributed by atoms with Crippen molar-refractivity contribution in [2.75, 3.05) is 25.6 Å². The molecule has 0 unspecified atom stereocenters. The Kier molecular flexibility index (Phi) is 7.20. The lowest BCUT2D eigenvalue weighted by molar-refractivity contribution is 0.0600. The second-order valence-corrected chi connectivity index (χ2v) is 5.45. The molecule has 0 bridgehead atoms. The molecule has 0 spiro atoms. The van der Waals surface area contributed by atoms with Crippen molar-refractivity contribution < 1.29 is 23.5 Å². The lowest BCUT2D eigenvalue weighted by Gasteiger charge is -2.10. The number of anilines is 1. The Balaban J connectivity index is 1.84. The number of terminal acetylenes is 1. The highest BCUT2D eigenvalue weighted by Crippen LogP contribution is 2.17. The van der Waals surface area contributed by atoms with Gasteiger partial charge >= 0.3 is 12.0 Å². The molecular formula is C20H19FN2O4. The predicted molar refractivity (Wildman–Crippen MR) is 99.2 cm³/mol. The number of amides is 2. The molecule has 7 heteroatoms. The minimum Gasteiger partial charge on any atom is -0.481 e. The lowest BCUT2D eigenvalue weighted by Crippen LogP contribution is -2.30. The predicted octanol–water partition coefficient (Wildman–Crippen LogP) is 2.99. The quantitative estimate of drug-likeness (QED) is 0.580. The van der Waals surface area contributed by atoms with E-state index in [1.807, 2.05) is 12.1 Å². The van der Waals surface area contributed by atoms with Gasteiger partial charge in [0.15, 0.2) is 0 Å². The molecule has 0 saturated heterocycles. The number of ether oxygens (including phenoxy) is 2. The molecule has 0 aliphatic heterocycles. The van der Waals surface area contributed by atoms with E-state index in [9.17, 15) is 14.0 Å². The minimum atomic E-state index is -0.652. The van der Waals surface area contributed by atoms with Crippen LogP contribution in [0, 0.1) is 18.2 Å². The van der Waals surface area contributed by atoms with E-state index in [0.717, 1.165) is 11.6 Å². The Labute approximate surface area is 156 Å². The molecular weight excluding hydrogens is 351 g/mol. The molecule has 0 radical (unpaired) electrons. The van der Waals surface area contributed by atoms with Gasteiger partial charge in [0.25, 0.3) is 0 Å². The first-order valence-corrected chi connectivity index (χ1v) is 8.11. The largest absolute Gasteiger partial charge is 0.481 e. The van der Waals surface area contributed by atoms with Gasteiger partial charge in [-0.25, -0.2) is 14.0 Å². The van der Waals surface area contributed by atoms with E-state index in [4.69, 9.17) is 11.2 Å². The number of hydrogen-bond donors (Lipinski definition) is 2. The molecule has 140 valence electrons. The molecule has 0 atom stereocenters. The normalized spacial score (nSPS) is 9.81. The van der Waals surface area contributed by atoms with Gasteiger partial charge in [0.1, 0.15) is 18.2 Å². The number of urea groups is 1. The van der Waals surface area contributed by atoms with Crippen LogP contribution in [0.2, 0.25) is 0 Å². The Morgan fingerprint density at radius 1 is 1.19 bits per heavy atom. The molecule has 0 aliphatic rings. The summed E-state index contributed by atoms with van der Waals surface area (Å²) in [6, 6.07) is 10.3. The van der Waals surface area contributed by atoms with Crippen LogP contribution in [-0.2, 0) is 11.2 Å². The summed E-state index contributed by atoms with van der Waals surface area (Å²) in [5.74, 6) is 1.79. The highest BCUT2D eigenvalue weighted by molar-refractivity contribution is 5.94. The smallest absolute Gasteiger partial charge is 0.337 e. The van der Waals surface area contributed by atoms with Crippen LogP contribution in [-0.4, -0.2) is 32.3 Å². The Morgan fingerprint density at radius 2 is 1.93 bits per heavy atom. The summed E-state index contributed by atoms with van der Waals surface area (Å²) in [6.07, 6.45) is 5.70. The molecule has 2 amide bonds. The van der Waals surface area contributed by atoms with Gasteiger partial charge in [0.05, 0.1) is 18.4 Å². The molecule has 2 rings (SSSR count). The van der Waals surface area contributed by atoms with Gasteiger partial charge < -0.3 is 20.1 Å². The van der Waals surface area contributed by atoms with Crippen LogP contribution >= 0.6 is 0 Å². The maximum atomic E-state index is 13.8. The van der Waals surface area contributed by atoms with E-state index in [0.29, 0.717) is 18.7 Å². The number of hydrogen-bond acceptors (Lipinski definition) is 4. The maximum Gasteiger partial charge on any atom is 0.337 e. The van der Waals surface area contributed by atoms with Crippen molar-refractivity contribution in [1.82, 2.24) is 5.32 Å². The zero-order valence-electron chi connectivity index (χ0n) is 14.8. The van der Waals surface area contributed by atoms with Crippen molar-refractivity contribution in [3.63, 3.8) is 0 Å². The average molecular weight is 370 g/mol. The molecule has 0 saturated carbocycles. The van der Waals surface area contributed by atoms with E-state index in [1.165, 1.54) is 19.2 Å². The van der Waals surface area contributed by atoms with Gasteiger partial charge in [-0.2, -0.15) is 0 Å². The first-order chi connectivity index (χ1) is 13.0. The molecule has 0 aliphatic carbocycles. The maximum absolute atomic E-state index is 13.8. The van der Waals surface area contributed by atoms with Gasteiger partial charge in [0.2, 0.25) is 0 Å². The zero-order chi connectivity index (χ0) is 19.6. The van der Waals surface area contributed by atoms with E-state index in [-0.39, 0.29) is 17.9 Å². The summed E-state index contributed by atoms with van der Waals surface area (Å²) >= 11 is 0. The third-order valence-corrected chi connectivity index (χ3v) is 3.58. The van der Waals surface area contributed by atoms with Gasteiger partial charge in [-0.15, -0.1) is 6.42 Å². The van der Waals surface area contributed by atoms with Gasteiger partial charge in [-0.05, 0) is 42.3 Å². The van der Waals surface area contributed by atoms with E-state index in [2.05, 4.69) is 21.3 Å². The number of nitrogens with one attached hydrogen (secondary N) is 2. The van der Waals surface area contributed by atoms with Crippen molar-refractivity contribution in [2.24, 2.45) is 0 Å². The van der Waals surface area contributed by atoms with Crippen LogP contribution in [0.25, 0.3) is 0 Å². The van der Waals surface area contributed by atoms with Gasteiger partial charge in [-0.3, -0.25) is 0 Å². The van der Waals surface area contributed by atoms with E-state index >= 15 is 0 Å². The lowest BCUT2D eigenvalue weighted by atomic mass is 10.1. The topological polar surface area (TPSA) is 76.7 Å². The third-order valence-electron chi connectivity index (χ3n) is 3.58. The monoisotopic (exact) mass is 370 g/mol. The van der Waals surface area contributed by atoms with Crippen LogP contribution in [0.5, 0.6) is 5.75 Å². The van der Waals surface area contributed by atoms with E-state index in [1.54, 1.807) is 12.1 Å². The molecule has 2 aromatic rings. The van der Waals surface area contributed by atoms with Crippen LogP contribution in [0.3, 0.4) is 0 Å². The Morgan fingerprint density at radius 3 is 2.59 bits per heavy atom. The van der Waals surface area contributed by atoms with Gasteiger partial charge in [-0.1, -0.05) is 18.1 Å². The van der Waals surface area contributed by atoms with Crippen molar-refractivity contribution in [1.29, 1.82) is 0 Å². The fourth-order valence-electron chi connectivity index (χ4n) is 2.23. The standard InChI is InChI=1S/C20H19FN2O4/c1-3-12-27-16-7-4-14(5-8-16)10-11-22-20(25)23-18-13-15(19(24)26-2)6-9-17(18)21/h1,4-9,13H,10-12H2,2H3,(H2,22,23,25). The van der Waals surface area contributed by atoms with Crippen LogP contribution in [0.1, 0.15) is 15.9 Å². The fourth-order valence-corrected chi connectivity index (χ4v) is 2.23. The summed E-state index contributed by atoms with van der Waals surface area (Å²) in [7, 11) is 1.22. The van der Waals surface area contributed by atoms with E-state index < -0.39 is 17.8 Å². The second kappa shape index (κ2) is 9.82. The summed E-state index contributed by atoms with van der Waals surface area (Å²) in [6.45, 7) is 0.545. The zero-order valence-corrected chi connectivity index (χ0v) is 14.8. The number of benzene rings is 2. The van der Waals surface area contributed by atoms with Crippen molar-refractivity contribution in [2.45, 2.75) is 6.42 Å². The number of halogens is 1. The number of rotatable bonds is 7. The minimum absolute atomic E-state index is 0.106. The van der Waals surface area contributed by atoms with Crippen molar-refractivity contribution in [3.8, 4) is 18.1 Å². The molecule has 6 nitrogen and oxygen atoms in total. The van der Waals surface area contributed by atoms with Crippen LogP contribution in [0.15, 0.2) is 42.5 Å².